The highest BCUT2D eigenvalue weighted by Gasteiger charge is 2.10. The SMILES string of the molecule is NCC(O)CNc1cc2ccccc2nc1-c1ccc(Cl)cc1. The maximum absolute atomic E-state index is 9.71. The van der Waals surface area contributed by atoms with Gasteiger partial charge < -0.3 is 16.2 Å². The number of nitrogens with one attached hydrogen (secondary N) is 1. The minimum atomic E-state index is -0.598. The first kappa shape index (κ1) is 15.7. The second kappa shape index (κ2) is 6.96. The molecule has 118 valence electrons. The zero-order valence-corrected chi connectivity index (χ0v) is 13.3. The Bertz CT molecular complexity index is 805. The molecule has 4 nitrogen and oxygen atoms in total. The highest BCUT2D eigenvalue weighted by atomic mass is 35.5. The predicted molar refractivity (Wildman–Crippen MR) is 95.7 cm³/mol. The number of hydrogen-bond donors (Lipinski definition) is 3. The molecule has 0 fully saturated rings. The van der Waals surface area contributed by atoms with Crippen molar-refractivity contribution in [1.82, 2.24) is 4.98 Å². The molecule has 0 aliphatic carbocycles. The molecule has 5 heteroatoms. The Morgan fingerprint density at radius 1 is 1.13 bits per heavy atom. The van der Waals surface area contributed by atoms with Crippen molar-refractivity contribution in [1.29, 1.82) is 0 Å². The van der Waals surface area contributed by atoms with Gasteiger partial charge in [0.2, 0.25) is 0 Å². The van der Waals surface area contributed by atoms with E-state index in [1.54, 1.807) is 0 Å². The van der Waals surface area contributed by atoms with Crippen molar-refractivity contribution in [2.75, 3.05) is 18.4 Å². The topological polar surface area (TPSA) is 71.2 Å². The van der Waals surface area contributed by atoms with Crippen LogP contribution in [-0.4, -0.2) is 29.3 Å². The monoisotopic (exact) mass is 327 g/mol. The number of anilines is 1. The third-order valence-electron chi connectivity index (χ3n) is 3.64. The first-order valence-electron chi connectivity index (χ1n) is 7.45. The summed E-state index contributed by atoms with van der Waals surface area (Å²) in [5.41, 5.74) is 9.04. The van der Waals surface area contributed by atoms with Crippen LogP contribution in [0.3, 0.4) is 0 Å². The Morgan fingerprint density at radius 2 is 1.87 bits per heavy atom. The summed E-state index contributed by atoms with van der Waals surface area (Å²) in [5.74, 6) is 0. The summed E-state index contributed by atoms with van der Waals surface area (Å²) in [6, 6.07) is 17.5. The van der Waals surface area contributed by atoms with Gasteiger partial charge in [0, 0.05) is 29.1 Å². The quantitative estimate of drug-likeness (QED) is 0.672. The number of aliphatic hydroxyl groups is 1. The van der Waals surface area contributed by atoms with Crippen LogP contribution in [0, 0.1) is 0 Å². The molecular formula is C18H18ClN3O. The molecule has 1 unspecified atom stereocenters. The summed E-state index contributed by atoms with van der Waals surface area (Å²) >= 11 is 5.97. The Labute approximate surface area is 139 Å². The third-order valence-corrected chi connectivity index (χ3v) is 3.89. The zero-order valence-electron chi connectivity index (χ0n) is 12.5. The van der Waals surface area contributed by atoms with Crippen molar-refractivity contribution < 1.29 is 5.11 Å². The number of benzene rings is 2. The number of pyridine rings is 1. The summed E-state index contributed by atoms with van der Waals surface area (Å²) in [6.45, 7) is 0.585. The number of hydrogen-bond acceptors (Lipinski definition) is 4. The average molecular weight is 328 g/mol. The van der Waals surface area contributed by atoms with Crippen molar-refractivity contribution in [2.24, 2.45) is 5.73 Å². The third kappa shape index (κ3) is 3.62. The predicted octanol–water partition coefficient (Wildman–Crippen LogP) is 3.29. The number of aromatic nitrogens is 1. The lowest BCUT2D eigenvalue weighted by Crippen LogP contribution is -2.28. The molecule has 2 aromatic carbocycles. The molecule has 1 atom stereocenters. The summed E-state index contributed by atoms with van der Waals surface area (Å²) in [7, 11) is 0. The second-order valence-corrected chi connectivity index (χ2v) is 5.79. The van der Waals surface area contributed by atoms with Crippen molar-refractivity contribution in [3.8, 4) is 11.3 Å². The molecule has 0 amide bonds. The van der Waals surface area contributed by atoms with E-state index in [1.807, 2.05) is 54.6 Å². The molecule has 1 aromatic heterocycles. The number of rotatable bonds is 5. The minimum absolute atomic E-state index is 0.213. The van der Waals surface area contributed by atoms with Crippen LogP contribution in [0.25, 0.3) is 22.2 Å². The average Bonchev–Trinajstić information content (AvgIpc) is 2.59. The van der Waals surface area contributed by atoms with Crippen LogP contribution < -0.4 is 11.1 Å². The molecule has 0 spiro atoms. The van der Waals surface area contributed by atoms with Gasteiger partial charge in [0.15, 0.2) is 0 Å². The number of fused-ring (bicyclic) bond motifs is 1. The van der Waals surface area contributed by atoms with Gasteiger partial charge in [-0.25, -0.2) is 4.98 Å². The van der Waals surface area contributed by atoms with Gasteiger partial charge in [-0.3, -0.25) is 0 Å². The molecule has 0 saturated heterocycles. The number of para-hydroxylation sites is 1. The molecule has 0 bridgehead atoms. The van der Waals surface area contributed by atoms with E-state index >= 15 is 0 Å². The van der Waals surface area contributed by atoms with E-state index in [0.29, 0.717) is 11.6 Å². The van der Waals surface area contributed by atoms with Gasteiger partial charge in [0.25, 0.3) is 0 Å². The molecule has 3 aromatic rings. The molecule has 0 aliphatic heterocycles. The Hall–Kier alpha value is -2.14. The smallest absolute Gasteiger partial charge is 0.0940 e. The lowest BCUT2D eigenvalue weighted by atomic mass is 10.1. The van der Waals surface area contributed by atoms with E-state index in [1.165, 1.54) is 0 Å². The van der Waals surface area contributed by atoms with Gasteiger partial charge in [0.05, 0.1) is 23.0 Å². The fraction of sp³-hybridized carbons (Fsp3) is 0.167. The maximum Gasteiger partial charge on any atom is 0.0940 e. The molecule has 3 rings (SSSR count). The first-order valence-corrected chi connectivity index (χ1v) is 7.83. The van der Waals surface area contributed by atoms with Crippen LogP contribution in [0.2, 0.25) is 5.02 Å². The maximum atomic E-state index is 9.71. The van der Waals surface area contributed by atoms with Gasteiger partial charge in [-0.15, -0.1) is 0 Å². The normalized spacial score (nSPS) is 12.3. The first-order chi connectivity index (χ1) is 11.2. The highest BCUT2D eigenvalue weighted by molar-refractivity contribution is 6.30. The number of halogens is 1. The summed E-state index contributed by atoms with van der Waals surface area (Å²) in [4.78, 5) is 4.76. The Balaban J connectivity index is 2.06. The van der Waals surface area contributed by atoms with Crippen LogP contribution in [0.4, 0.5) is 5.69 Å². The number of aliphatic hydroxyl groups excluding tert-OH is 1. The summed E-state index contributed by atoms with van der Waals surface area (Å²) in [6.07, 6.45) is -0.598. The van der Waals surface area contributed by atoms with Gasteiger partial charge in [0.1, 0.15) is 0 Å². The van der Waals surface area contributed by atoms with E-state index in [0.717, 1.165) is 27.8 Å². The van der Waals surface area contributed by atoms with E-state index in [-0.39, 0.29) is 6.54 Å². The largest absolute Gasteiger partial charge is 0.390 e. The molecule has 1 heterocycles. The molecule has 0 saturated carbocycles. The molecule has 0 aliphatic rings. The van der Waals surface area contributed by atoms with Crippen molar-refractivity contribution in [3.63, 3.8) is 0 Å². The summed E-state index contributed by atoms with van der Waals surface area (Å²) in [5, 5.41) is 14.7. The van der Waals surface area contributed by atoms with Crippen molar-refractivity contribution >= 4 is 28.2 Å². The van der Waals surface area contributed by atoms with E-state index in [9.17, 15) is 5.11 Å². The van der Waals surface area contributed by atoms with Crippen molar-refractivity contribution in [3.05, 3.63) is 59.6 Å². The Kier molecular flexibility index (Phi) is 4.76. The zero-order chi connectivity index (χ0) is 16.2. The fourth-order valence-electron chi connectivity index (χ4n) is 2.39. The van der Waals surface area contributed by atoms with Crippen molar-refractivity contribution in [2.45, 2.75) is 6.10 Å². The van der Waals surface area contributed by atoms with Crippen LogP contribution in [-0.2, 0) is 0 Å². The van der Waals surface area contributed by atoms with Gasteiger partial charge in [-0.2, -0.15) is 0 Å². The van der Waals surface area contributed by atoms with Crippen LogP contribution in [0.5, 0.6) is 0 Å². The number of nitrogens with zero attached hydrogens (tertiary/aromatic N) is 1. The van der Waals surface area contributed by atoms with Gasteiger partial charge in [-0.05, 0) is 24.3 Å². The Morgan fingerprint density at radius 3 is 2.61 bits per heavy atom. The highest BCUT2D eigenvalue weighted by Crippen LogP contribution is 2.30. The van der Waals surface area contributed by atoms with Crippen LogP contribution in [0.15, 0.2) is 54.6 Å². The molecule has 4 N–H and O–H groups in total. The van der Waals surface area contributed by atoms with Crippen LogP contribution >= 0.6 is 11.6 Å². The fourth-order valence-corrected chi connectivity index (χ4v) is 2.52. The summed E-state index contributed by atoms with van der Waals surface area (Å²) < 4.78 is 0. The lowest BCUT2D eigenvalue weighted by Gasteiger charge is -2.15. The van der Waals surface area contributed by atoms with Gasteiger partial charge in [-0.1, -0.05) is 41.9 Å². The van der Waals surface area contributed by atoms with Crippen LogP contribution in [0.1, 0.15) is 0 Å². The van der Waals surface area contributed by atoms with E-state index < -0.39 is 6.10 Å². The second-order valence-electron chi connectivity index (χ2n) is 5.35. The molecular weight excluding hydrogens is 310 g/mol. The number of nitrogens with two attached hydrogens (primary N) is 1. The molecule has 0 radical (unpaired) electrons. The van der Waals surface area contributed by atoms with E-state index in [2.05, 4.69) is 5.32 Å². The molecule has 23 heavy (non-hydrogen) atoms. The van der Waals surface area contributed by atoms with E-state index in [4.69, 9.17) is 22.3 Å². The minimum Gasteiger partial charge on any atom is -0.390 e. The standard InChI is InChI=1S/C18H18ClN3O/c19-14-7-5-12(6-8-14)18-17(21-11-15(23)10-20)9-13-3-1-2-4-16(13)22-18/h1-9,15,21,23H,10-11,20H2. The lowest BCUT2D eigenvalue weighted by molar-refractivity contribution is 0.196. The van der Waals surface area contributed by atoms with Gasteiger partial charge >= 0.3 is 0 Å².